The van der Waals surface area contributed by atoms with Crippen LogP contribution < -0.4 is 5.32 Å². The van der Waals surface area contributed by atoms with Crippen molar-refractivity contribution in [2.75, 3.05) is 34.3 Å². The van der Waals surface area contributed by atoms with E-state index in [2.05, 4.69) is 5.32 Å². The molecule has 0 unspecified atom stereocenters. The van der Waals surface area contributed by atoms with Gasteiger partial charge in [-0.05, 0) is 5.56 Å². The molecule has 7 heteroatoms. The van der Waals surface area contributed by atoms with Crippen molar-refractivity contribution in [3.8, 4) is 0 Å². The third-order valence-corrected chi connectivity index (χ3v) is 4.02. The molecule has 1 fully saturated rings. The van der Waals surface area contributed by atoms with E-state index >= 15 is 0 Å². The molecule has 1 aliphatic heterocycles. The van der Waals surface area contributed by atoms with Gasteiger partial charge in [0.2, 0.25) is 11.8 Å². The summed E-state index contributed by atoms with van der Waals surface area (Å²) < 4.78 is 5.50. The van der Waals surface area contributed by atoms with Crippen LogP contribution in [-0.4, -0.2) is 67.9 Å². The Morgan fingerprint density at radius 2 is 1.96 bits per heavy atom. The number of nitrogens with one attached hydrogen (secondary N) is 1. The van der Waals surface area contributed by atoms with E-state index in [9.17, 15) is 14.4 Å². The predicted molar refractivity (Wildman–Crippen MR) is 88.0 cm³/mol. The zero-order valence-corrected chi connectivity index (χ0v) is 14.2. The second kappa shape index (κ2) is 7.92. The molecular formula is C17H23N3O4. The number of nitrogens with zero attached hydrogens (tertiary/aromatic N) is 2. The molecule has 0 saturated carbocycles. The summed E-state index contributed by atoms with van der Waals surface area (Å²) in [5, 5.41) is 2.72. The fraction of sp³-hybridized carbons (Fsp3) is 0.471. The van der Waals surface area contributed by atoms with Gasteiger partial charge in [-0.1, -0.05) is 30.3 Å². The van der Waals surface area contributed by atoms with Crippen molar-refractivity contribution in [3.05, 3.63) is 35.9 Å². The fourth-order valence-corrected chi connectivity index (χ4v) is 2.60. The lowest BCUT2D eigenvalue weighted by atomic mass is 9.97. The first-order valence-corrected chi connectivity index (χ1v) is 7.82. The van der Waals surface area contributed by atoms with Gasteiger partial charge >= 0.3 is 0 Å². The minimum Gasteiger partial charge on any atom is -0.356 e. The highest BCUT2D eigenvalue weighted by Gasteiger charge is 2.39. The van der Waals surface area contributed by atoms with E-state index in [4.69, 9.17) is 4.74 Å². The lowest BCUT2D eigenvalue weighted by molar-refractivity contribution is -0.162. The third kappa shape index (κ3) is 4.11. The van der Waals surface area contributed by atoms with Gasteiger partial charge in [0.25, 0.3) is 5.91 Å². The predicted octanol–water partition coefficient (Wildman–Crippen LogP) is 0.179. The molecular weight excluding hydrogens is 310 g/mol. The van der Waals surface area contributed by atoms with E-state index < -0.39 is 12.1 Å². The molecule has 1 aromatic rings. The van der Waals surface area contributed by atoms with Crippen LogP contribution in [0.5, 0.6) is 0 Å². The maximum Gasteiger partial charge on any atom is 0.251 e. The van der Waals surface area contributed by atoms with Crippen molar-refractivity contribution in [2.24, 2.45) is 0 Å². The van der Waals surface area contributed by atoms with Crippen molar-refractivity contribution < 1.29 is 19.1 Å². The van der Waals surface area contributed by atoms with Gasteiger partial charge in [0.15, 0.2) is 6.10 Å². The molecule has 0 bridgehead atoms. The molecule has 1 saturated heterocycles. The average Bonchev–Trinajstić information content (AvgIpc) is 2.57. The Hall–Kier alpha value is -2.41. The maximum absolute atomic E-state index is 12.5. The van der Waals surface area contributed by atoms with Gasteiger partial charge in [0, 0.05) is 34.1 Å². The largest absolute Gasteiger partial charge is 0.356 e. The topological polar surface area (TPSA) is 79.0 Å². The number of amides is 3. The van der Waals surface area contributed by atoms with Gasteiger partial charge in [-0.3, -0.25) is 14.4 Å². The van der Waals surface area contributed by atoms with Crippen LogP contribution >= 0.6 is 0 Å². The Morgan fingerprint density at radius 3 is 2.58 bits per heavy atom. The number of hydrogen-bond acceptors (Lipinski definition) is 4. The number of carbonyl (C=O) groups excluding carboxylic acids is 3. The Morgan fingerprint density at radius 1 is 1.29 bits per heavy atom. The molecule has 0 aliphatic carbocycles. The Bertz CT molecular complexity index is 603. The third-order valence-electron chi connectivity index (χ3n) is 4.02. The summed E-state index contributed by atoms with van der Waals surface area (Å²) in [4.78, 5) is 39.0. The van der Waals surface area contributed by atoms with Gasteiger partial charge < -0.3 is 19.9 Å². The Balaban J connectivity index is 2.07. The molecule has 0 radical (unpaired) electrons. The van der Waals surface area contributed by atoms with Gasteiger partial charge in [-0.2, -0.15) is 0 Å². The molecule has 7 nitrogen and oxygen atoms in total. The first-order chi connectivity index (χ1) is 11.4. The second-order valence-corrected chi connectivity index (χ2v) is 5.92. The highest BCUT2D eigenvalue weighted by atomic mass is 16.5. The van der Waals surface area contributed by atoms with Crippen LogP contribution in [0.25, 0.3) is 0 Å². The standard InChI is InChI=1S/C17H23N3O4/c1-19(2)13(21)9-10-18-17(23)16-15(12-7-5-4-6-8-12)20(3)14(22)11-24-16/h4-8,15-16H,9-11H2,1-3H3,(H,18,23)/t15-,16+/m0/s1. The summed E-state index contributed by atoms with van der Waals surface area (Å²) in [5.41, 5.74) is 0.831. The summed E-state index contributed by atoms with van der Waals surface area (Å²) in [6, 6.07) is 8.81. The minimum absolute atomic E-state index is 0.0632. The van der Waals surface area contributed by atoms with E-state index in [1.54, 1.807) is 21.1 Å². The van der Waals surface area contributed by atoms with Crippen LogP contribution in [0.4, 0.5) is 0 Å². The lowest BCUT2D eigenvalue weighted by Gasteiger charge is -2.38. The molecule has 2 rings (SSSR count). The Labute approximate surface area is 141 Å². The highest BCUT2D eigenvalue weighted by Crippen LogP contribution is 2.28. The first kappa shape index (κ1) is 17.9. The van der Waals surface area contributed by atoms with Gasteiger partial charge in [0.1, 0.15) is 6.61 Å². The highest BCUT2D eigenvalue weighted by molar-refractivity contribution is 5.86. The van der Waals surface area contributed by atoms with E-state index in [0.29, 0.717) is 0 Å². The molecule has 1 aliphatic rings. The SMILES string of the molecule is CN(C)C(=O)CCNC(=O)[C@@H]1OCC(=O)N(C)[C@H]1c1ccccc1. The maximum atomic E-state index is 12.5. The number of morpholine rings is 1. The van der Waals surface area contributed by atoms with Crippen LogP contribution in [0.3, 0.4) is 0 Å². The normalized spacial score (nSPS) is 20.6. The molecule has 24 heavy (non-hydrogen) atoms. The number of ether oxygens (including phenoxy) is 1. The van der Waals surface area contributed by atoms with Crippen LogP contribution in [0.1, 0.15) is 18.0 Å². The zero-order chi connectivity index (χ0) is 17.7. The first-order valence-electron chi connectivity index (χ1n) is 7.82. The van der Waals surface area contributed by atoms with Crippen molar-refractivity contribution in [1.29, 1.82) is 0 Å². The summed E-state index contributed by atoms with van der Waals surface area (Å²) >= 11 is 0. The van der Waals surface area contributed by atoms with Crippen molar-refractivity contribution in [3.63, 3.8) is 0 Å². The second-order valence-electron chi connectivity index (χ2n) is 5.92. The summed E-state index contributed by atoms with van der Waals surface area (Å²) in [6.45, 7) is 0.101. The summed E-state index contributed by atoms with van der Waals surface area (Å²) in [6.07, 6.45) is -0.583. The van der Waals surface area contributed by atoms with Gasteiger partial charge in [-0.15, -0.1) is 0 Å². The number of carbonyl (C=O) groups is 3. The van der Waals surface area contributed by atoms with Crippen molar-refractivity contribution in [1.82, 2.24) is 15.1 Å². The van der Waals surface area contributed by atoms with Crippen LogP contribution in [0.15, 0.2) is 30.3 Å². The van der Waals surface area contributed by atoms with Crippen molar-refractivity contribution >= 4 is 17.7 Å². The van der Waals surface area contributed by atoms with Gasteiger partial charge in [0.05, 0.1) is 6.04 Å². The lowest BCUT2D eigenvalue weighted by Crippen LogP contribution is -2.53. The number of benzene rings is 1. The molecule has 3 amide bonds. The molecule has 1 N–H and O–H groups in total. The van der Waals surface area contributed by atoms with Crippen LogP contribution in [0, 0.1) is 0 Å². The monoisotopic (exact) mass is 333 g/mol. The average molecular weight is 333 g/mol. The summed E-state index contributed by atoms with van der Waals surface area (Å²) in [5.74, 6) is -0.558. The van der Waals surface area contributed by atoms with E-state index in [0.717, 1.165) is 5.56 Å². The minimum atomic E-state index is -0.801. The Kier molecular flexibility index (Phi) is 5.92. The quantitative estimate of drug-likeness (QED) is 0.834. The van der Waals surface area contributed by atoms with Crippen LogP contribution in [-0.2, 0) is 19.1 Å². The van der Waals surface area contributed by atoms with Gasteiger partial charge in [-0.25, -0.2) is 0 Å². The summed E-state index contributed by atoms with van der Waals surface area (Å²) in [7, 11) is 5.00. The number of hydrogen-bond donors (Lipinski definition) is 1. The van der Waals surface area contributed by atoms with Crippen molar-refractivity contribution in [2.45, 2.75) is 18.6 Å². The molecule has 2 atom stereocenters. The molecule has 1 aromatic carbocycles. The molecule has 0 spiro atoms. The molecule has 1 heterocycles. The smallest absolute Gasteiger partial charge is 0.251 e. The fourth-order valence-electron chi connectivity index (χ4n) is 2.60. The molecule has 130 valence electrons. The van der Waals surface area contributed by atoms with E-state index in [-0.39, 0.29) is 37.3 Å². The number of rotatable bonds is 5. The number of likely N-dealkylation sites (N-methyl/N-ethyl adjacent to an activating group) is 1. The van der Waals surface area contributed by atoms with Crippen LogP contribution in [0.2, 0.25) is 0 Å². The van der Waals surface area contributed by atoms with E-state index in [1.807, 2.05) is 30.3 Å². The molecule has 0 aromatic heterocycles. The van der Waals surface area contributed by atoms with E-state index in [1.165, 1.54) is 9.80 Å². The zero-order valence-electron chi connectivity index (χ0n) is 14.2.